The van der Waals surface area contributed by atoms with Crippen LogP contribution in [-0.2, 0) is 11.3 Å². The van der Waals surface area contributed by atoms with Crippen LogP contribution in [0.1, 0.15) is 12.5 Å². The summed E-state index contributed by atoms with van der Waals surface area (Å²) in [7, 11) is 1.94. The maximum atomic E-state index is 10.9. The Hall–Kier alpha value is -1.55. The number of anilines is 1. The van der Waals surface area contributed by atoms with Gasteiger partial charge in [0.2, 0.25) is 5.91 Å². The van der Waals surface area contributed by atoms with Gasteiger partial charge in [0.05, 0.1) is 5.92 Å². The van der Waals surface area contributed by atoms with Crippen LogP contribution in [0.4, 0.5) is 5.69 Å². The van der Waals surface area contributed by atoms with Gasteiger partial charge < -0.3 is 16.4 Å². The Morgan fingerprint density at radius 3 is 2.38 bits per heavy atom. The molecule has 0 radical (unpaired) electrons. The van der Waals surface area contributed by atoms with Gasteiger partial charge in [0.1, 0.15) is 0 Å². The second kappa shape index (κ2) is 5.51. The predicted molar refractivity (Wildman–Crippen MR) is 66.0 cm³/mol. The van der Waals surface area contributed by atoms with Gasteiger partial charge in [0, 0.05) is 25.8 Å². The highest BCUT2D eigenvalue weighted by molar-refractivity contribution is 5.77. The highest BCUT2D eigenvalue weighted by Crippen LogP contribution is 2.14. The zero-order chi connectivity index (χ0) is 12.1. The molecule has 16 heavy (non-hydrogen) atoms. The summed E-state index contributed by atoms with van der Waals surface area (Å²) in [5, 5.41) is 0. The van der Waals surface area contributed by atoms with E-state index in [4.69, 9.17) is 11.5 Å². The van der Waals surface area contributed by atoms with Crippen LogP contribution in [0.3, 0.4) is 0 Å². The zero-order valence-electron chi connectivity index (χ0n) is 9.81. The lowest BCUT2D eigenvalue weighted by Crippen LogP contribution is -2.32. The van der Waals surface area contributed by atoms with E-state index in [9.17, 15) is 4.79 Å². The molecule has 1 rings (SSSR count). The maximum absolute atomic E-state index is 10.9. The summed E-state index contributed by atoms with van der Waals surface area (Å²) < 4.78 is 0. The number of nitrogens with zero attached hydrogens (tertiary/aromatic N) is 1. The van der Waals surface area contributed by atoms with E-state index in [2.05, 4.69) is 0 Å². The van der Waals surface area contributed by atoms with Gasteiger partial charge in [-0.05, 0) is 17.7 Å². The summed E-state index contributed by atoms with van der Waals surface area (Å²) in [6.45, 7) is 2.99. The summed E-state index contributed by atoms with van der Waals surface area (Å²) in [4.78, 5) is 13.0. The van der Waals surface area contributed by atoms with Gasteiger partial charge in [-0.1, -0.05) is 19.1 Å². The van der Waals surface area contributed by atoms with E-state index in [0.717, 1.165) is 11.3 Å². The van der Waals surface area contributed by atoms with Crippen LogP contribution in [0, 0.1) is 5.92 Å². The smallest absolute Gasteiger partial charge is 0.222 e. The molecule has 0 saturated carbocycles. The van der Waals surface area contributed by atoms with Crippen LogP contribution in [0.15, 0.2) is 24.3 Å². The van der Waals surface area contributed by atoms with E-state index in [1.54, 1.807) is 0 Å². The standard InChI is InChI=1S/C12H19N3O/c1-9(12(14)16)8-15(2)11-5-3-10(7-13)4-6-11/h3-6,9H,7-8,13H2,1-2H3,(H2,14,16). The summed E-state index contributed by atoms with van der Waals surface area (Å²) in [5.74, 6) is -0.426. The molecule has 0 aliphatic rings. The van der Waals surface area contributed by atoms with Crippen LogP contribution >= 0.6 is 0 Å². The first kappa shape index (κ1) is 12.5. The minimum Gasteiger partial charge on any atom is -0.374 e. The average Bonchev–Trinajstić information content (AvgIpc) is 2.28. The first-order valence-electron chi connectivity index (χ1n) is 5.34. The maximum Gasteiger partial charge on any atom is 0.222 e. The van der Waals surface area contributed by atoms with Crippen molar-refractivity contribution in [1.29, 1.82) is 0 Å². The monoisotopic (exact) mass is 221 g/mol. The molecule has 1 atom stereocenters. The molecule has 0 aliphatic carbocycles. The molecule has 4 heteroatoms. The first-order chi connectivity index (χ1) is 7.54. The summed E-state index contributed by atoms with van der Waals surface area (Å²) >= 11 is 0. The lowest BCUT2D eigenvalue weighted by atomic mass is 10.1. The third-order valence-electron chi connectivity index (χ3n) is 2.65. The van der Waals surface area contributed by atoms with Crippen molar-refractivity contribution in [2.75, 3.05) is 18.5 Å². The van der Waals surface area contributed by atoms with Crippen LogP contribution in [0.5, 0.6) is 0 Å². The summed E-state index contributed by atoms with van der Waals surface area (Å²) in [6, 6.07) is 7.97. The van der Waals surface area contributed by atoms with Crippen molar-refractivity contribution in [2.45, 2.75) is 13.5 Å². The van der Waals surface area contributed by atoms with E-state index in [1.807, 2.05) is 43.1 Å². The number of benzene rings is 1. The molecular formula is C12H19N3O. The van der Waals surface area contributed by atoms with E-state index in [1.165, 1.54) is 0 Å². The molecule has 1 aromatic carbocycles. The number of amides is 1. The molecule has 1 unspecified atom stereocenters. The Bertz CT molecular complexity index is 348. The van der Waals surface area contributed by atoms with Crippen molar-refractivity contribution in [3.63, 3.8) is 0 Å². The Morgan fingerprint density at radius 2 is 1.94 bits per heavy atom. The zero-order valence-corrected chi connectivity index (χ0v) is 9.81. The molecule has 0 bridgehead atoms. The van der Waals surface area contributed by atoms with Crippen molar-refractivity contribution in [3.05, 3.63) is 29.8 Å². The fourth-order valence-corrected chi connectivity index (χ4v) is 1.49. The van der Waals surface area contributed by atoms with Gasteiger partial charge in [0.15, 0.2) is 0 Å². The van der Waals surface area contributed by atoms with Crippen LogP contribution in [-0.4, -0.2) is 19.5 Å². The molecule has 0 spiro atoms. The summed E-state index contributed by atoms with van der Waals surface area (Å²) in [6.07, 6.45) is 0. The van der Waals surface area contributed by atoms with Gasteiger partial charge in [0.25, 0.3) is 0 Å². The van der Waals surface area contributed by atoms with E-state index >= 15 is 0 Å². The highest BCUT2D eigenvalue weighted by Gasteiger charge is 2.11. The number of rotatable bonds is 5. The molecule has 1 amide bonds. The SMILES string of the molecule is CC(CN(C)c1ccc(CN)cc1)C(N)=O. The minimum absolute atomic E-state index is 0.154. The average molecular weight is 221 g/mol. The fraction of sp³-hybridized carbons (Fsp3) is 0.417. The predicted octanol–water partition coefficient (Wildman–Crippen LogP) is 0.703. The lowest BCUT2D eigenvalue weighted by Gasteiger charge is -2.22. The van der Waals surface area contributed by atoms with Crippen molar-refractivity contribution < 1.29 is 4.79 Å². The second-order valence-electron chi connectivity index (χ2n) is 4.05. The highest BCUT2D eigenvalue weighted by atomic mass is 16.1. The van der Waals surface area contributed by atoms with Crippen LogP contribution in [0.2, 0.25) is 0 Å². The molecule has 4 N–H and O–H groups in total. The quantitative estimate of drug-likeness (QED) is 0.769. The van der Waals surface area contributed by atoms with Crippen molar-refractivity contribution in [1.82, 2.24) is 0 Å². The van der Waals surface area contributed by atoms with E-state index in [0.29, 0.717) is 13.1 Å². The van der Waals surface area contributed by atoms with Gasteiger partial charge in [-0.2, -0.15) is 0 Å². The third kappa shape index (κ3) is 3.24. The molecular weight excluding hydrogens is 202 g/mol. The number of nitrogens with two attached hydrogens (primary N) is 2. The van der Waals surface area contributed by atoms with Gasteiger partial charge in [-0.3, -0.25) is 4.79 Å². The second-order valence-corrected chi connectivity index (χ2v) is 4.05. The fourth-order valence-electron chi connectivity index (χ4n) is 1.49. The molecule has 0 heterocycles. The van der Waals surface area contributed by atoms with Gasteiger partial charge >= 0.3 is 0 Å². The Kier molecular flexibility index (Phi) is 4.31. The molecule has 1 aromatic rings. The Labute approximate surface area is 96.2 Å². The number of hydrogen-bond donors (Lipinski definition) is 2. The number of primary amides is 1. The molecule has 0 fully saturated rings. The molecule has 0 aromatic heterocycles. The lowest BCUT2D eigenvalue weighted by molar-refractivity contribution is -0.121. The number of carbonyl (C=O) groups is 1. The Balaban J connectivity index is 2.65. The number of hydrogen-bond acceptors (Lipinski definition) is 3. The molecule has 0 aliphatic heterocycles. The largest absolute Gasteiger partial charge is 0.374 e. The molecule has 0 saturated heterocycles. The molecule has 4 nitrogen and oxygen atoms in total. The van der Waals surface area contributed by atoms with Gasteiger partial charge in [-0.25, -0.2) is 0 Å². The van der Waals surface area contributed by atoms with E-state index in [-0.39, 0.29) is 11.8 Å². The van der Waals surface area contributed by atoms with Crippen LogP contribution in [0.25, 0.3) is 0 Å². The Morgan fingerprint density at radius 1 is 1.38 bits per heavy atom. The van der Waals surface area contributed by atoms with Crippen molar-refractivity contribution >= 4 is 11.6 Å². The molecule has 88 valence electrons. The minimum atomic E-state index is -0.273. The van der Waals surface area contributed by atoms with Crippen molar-refractivity contribution in [2.24, 2.45) is 17.4 Å². The summed E-state index contributed by atoms with van der Waals surface area (Å²) in [5.41, 5.74) is 12.9. The van der Waals surface area contributed by atoms with Crippen LogP contribution < -0.4 is 16.4 Å². The normalized spacial score (nSPS) is 12.2. The van der Waals surface area contributed by atoms with Gasteiger partial charge in [-0.15, -0.1) is 0 Å². The first-order valence-corrected chi connectivity index (χ1v) is 5.34. The third-order valence-corrected chi connectivity index (χ3v) is 2.65. The number of carbonyl (C=O) groups excluding carboxylic acids is 1. The topological polar surface area (TPSA) is 72.3 Å². The van der Waals surface area contributed by atoms with E-state index < -0.39 is 0 Å². The van der Waals surface area contributed by atoms with Crippen molar-refractivity contribution in [3.8, 4) is 0 Å².